The van der Waals surface area contributed by atoms with Crippen molar-refractivity contribution in [1.29, 1.82) is 0 Å². The van der Waals surface area contributed by atoms with Crippen molar-refractivity contribution in [3.63, 3.8) is 0 Å². The Balaban J connectivity index is 1.45. The number of nitrogens with zero attached hydrogens (tertiary/aromatic N) is 4. The molecule has 0 saturated carbocycles. The van der Waals surface area contributed by atoms with Crippen molar-refractivity contribution in [3.05, 3.63) is 64.9 Å². The van der Waals surface area contributed by atoms with E-state index in [0.29, 0.717) is 11.6 Å². The molecule has 1 fully saturated rings. The SMILES string of the molecule is CC(C)n1c(CN2CCC[C@@H](n3c(=O)oc4ccccc43)C2)nc2ccccc21. The van der Waals surface area contributed by atoms with Crippen LogP contribution in [-0.4, -0.2) is 32.1 Å². The van der Waals surface area contributed by atoms with Gasteiger partial charge in [-0.3, -0.25) is 9.47 Å². The molecule has 3 heterocycles. The van der Waals surface area contributed by atoms with Crippen molar-refractivity contribution in [2.45, 2.75) is 45.3 Å². The molecule has 0 unspecified atom stereocenters. The number of hydrogen-bond acceptors (Lipinski definition) is 4. The highest BCUT2D eigenvalue weighted by atomic mass is 16.4. The van der Waals surface area contributed by atoms with Crippen LogP contribution in [0.15, 0.2) is 57.7 Å². The fraction of sp³-hybridized carbons (Fsp3) is 0.391. The predicted octanol–water partition coefficient (Wildman–Crippen LogP) is 4.36. The third kappa shape index (κ3) is 3.17. The number of imidazole rings is 1. The summed E-state index contributed by atoms with van der Waals surface area (Å²) in [6.45, 7) is 7.03. The Kier molecular flexibility index (Phi) is 4.51. The number of fused-ring (bicyclic) bond motifs is 2. The highest BCUT2D eigenvalue weighted by Crippen LogP contribution is 2.27. The second kappa shape index (κ2) is 7.19. The molecular weight excluding hydrogens is 364 g/mol. The minimum absolute atomic E-state index is 0.122. The lowest BCUT2D eigenvalue weighted by molar-refractivity contribution is 0.162. The number of oxazole rings is 1. The summed E-state index contributed by atoms with van der Waals surface area (Å²) >= 11 is 0. The number of hydrogen-bond donors (Lipinski definition) is 0. The summed E-state index contributed by atoms with van der Waals surface area (Å²) in [5.74, 6) is 0.832. The molecule has 2 aromatic carbocycles. The minimum atomic E-state index is -0.257. The fourth-order valence-corrected chi connectivity index (χ4v) is 4.70. The largest absolute Gasteiger partial charge is 0.420 e. The van der Waals surface area contributed by atoms with Crippen LogP contribution in [0.1, 0.15) is 44.6 Å². The molecule has 0 bridgehead atoms. The van der Waals surface area contributed by atoms with Gasteiger partial charge >= 0.3 is 5.76 Å². The maximum atomic E-state index is 12.5. The predicted molar refractivity (Wildman–Crippen MR) is 114 cm³/mol. The number of para-hydroxylation sites is 4. The summed E-state index contributed by atoms with van der Waals surface area (Å²) in [6.07, 6.45) is 2.04. The molecule has 0 N–H and O–H groups in total. The summed E-state index contributed by atoms with van der Waals surface area (Å²) in [6, 6.07) is 16.5. The molecule has 150 valence electrons. The van der Waals surface area contributed by atoms with E-state index in [1.165, 1.54) is 5.52 Å². The van der Waals surface area contributed by atoms with E-state index in [-0.39, 0.29) is 11.8 Å². The Morgan fingerprint density at radius 1 is 1.10 bits per heavy atom. The molecule has 0 radical (unpaired) electrons. The third-order valence-corrected chi connectivity index (χ3v) is 5.91. The number of benzene rings is 2. The lowest BCUT2D eigenvalue weighted by Gasteiger charge is -2.33. The Morgan fingerprint density at radius 3 is 2.69 bits per heavy atom. The smallest absolute Gasteiger partial charge is 0.408 e. The minimum Gasteiger partial charge on any atom is -0.408 e. The van der Waals surface area contributed by atoms with Gasteiger partial charge in [-0.05, 0) is 57.5 Å². The standard InChI is InChI=1S/C23H26N4O2/c1-16(2)26-19-10-4-3-9-18(19)24-22(26)15-25-13-7-8-17(14-25)27-20-11-5-6-12-21(20)29-23(27)28/h3-6,9-12,16-17H,7-8,13-15H2,1-2H3/t17-/m1/s1. The van der Waals surface area contributed by atoms with Gasteiger partial charge in [0.25, 0.3) is 0 Å². The van der Waals surface area contributed by atoms with Gasteiger partial charge in [-0.2, -0.15) is 0 Å². The molecule has 2 aromatic heterocycles. The highest BCUT2D eigenvalue weighted by Gasteiger charge is 2.26. The van der Waals surface area contributed by atoms with Gasteiger partial charge in [-0.25, -0.2) is 9.78 Å². The molecular formula is C23H26N4O2. The van der Waals surface area contributed by atoms with Gasteiger partial charge < -0.3 is 8.98 Å². The molecule has 1 atom stereocenters. The van der Waals surface area contributed by atoms with Crippen LogP contribution in [0.5, 0.6) is 0 Å². The molecule has 1 saturated heterocycles. The monoisotopic (exact) mass is 390 g/mol. The van der Waals surface area contributed by atoms with Crippen molar-refractivity contribution >= 4 is 22.1 Å². The van der Waals surface area contributed by atoms with Gasteiger partial charge in [0.1, 0.15) is 5.82 Å². The summed E-state index contributed by atoms with van der Waals surface area (Å²) in [7, 11) is 0. The van der Waals surface area contributed by atoms with Crippen LogP contribution in [0.3, 0.4) is 0 Å². The van der Waals surface area contributed by atoms with Gasteiger partial charge in [0.15, 0.2) is 5.58 Å². The van der Waals surface area contributed by atoms with E-state index in [4.69, 9.17) is 9.40 Å². The van der Waals surface area contributed by atoms with Gasteiger partial charge in [0.05, 0.1) is 29.1 Å². The van der Waals surface area contributed by atoms with E-state index in [0.717, 1.165) is 49.3 Å². The maximum Gasteiger partial charge on any atom is 0.420 e. The first kappa shape index (κ1) is 18.2. The van der Waals surface area contributed by atoms with Crippen LogP contribution in [-0.2, 0) is 6.54 Å². The zero-order valence-corrected chi connectivity index (χ0v) is 16.9. The van der Waals surface area contributed by atoms with Gasteiger partial charge in [-0.1, -0.05) is 24.3 Å². The zero-order chi connectivity index (χ0) is 20.0. The summed E-state index contributed by atoms with van der Waals surface area (Å²) < 4.78 is 9.64. The quantitative estimate of drug-likeness (QED) is 0.519. The van der Waals surface area contributed by atoms with E-state index >= 15 is 0 Å². The van der Waals surface area contributed by atoms with Crippen LogP contribution < -0.4 is 5.76 Å². The van der Waals surface area contributed by atoms with Gasteiger partial charge in [-0.15, -0.1) is 0 Å². The van der Waals surface area contributed by atoms with Crippen LogP contribution in [0.4, 0.5) is 0 Å². The summed E-state index contributed by atoms with van der Waals surface area (Å²) in [5, 5.41) is 0. The number of likely N-dealkylation sites (tertiary alicyclic amines) is 1. The molecule has 6 heteroatoms. The van der Waals surface area contributed by atoms with Crippen molar-refractivity contribution in [2.75, 3.05) is 13.1 Å². The molecule has 4 aromatic rings. The topological polar surface area (TPSA) is 56.2 Å². The number of piperidine rings is 1. The third-order valence-electron chi connectivity index (χ3n) is 5.91. The van der Waals surface area contributed by atoms with Crippen molar-refractivity contribution < 1.29 is 4.42 Å². The number of rotatable bonds is 4. The van der Waals surface area contributed by atoms with Gasteiger partial charge in [0.2, 0.25) is 0 Å². The Hall–Kier alpha value is -2.86. The molecule has 1 aliphatic heterocycles. The van der Waals surface area contributed by atoms with Crippen LogP contribution in [0.25, 0.3) is 22.1 Å². The summed E-state index contributed by atoms with van der Waals surface area (Å²) in [4.78, 5) is 19.9. The lowest BCUT2D eigenvalue weighted by Crippen LogP contribution is -2.39. The number of aromatic nitrogens is 3. The lowest BCUT2D eigenvalue weighted by atomic mass is 10.1. The van der Waals surface area contributed by atoms with E-state index < -0.39 is 0 Å². The second-order valence-corrected chi connectivity index (χ2v) is 8.22. The normalized spacial score (nSPS) is 18.2. The molecule has 29 heavy (non-hydrogen) atoms. The average Bonchev–Trinajstić information content (AvgIpc) is 3.24. The fourth-order valence-electron chi connectivity index (χ4n) is 4.70. The average molecular weight is 390 g/mol. The van der Waals surface area contributed by atoms with Crippen LogP contribution in [0.2, 0.25) is 0 Å². The first-order valence-electron chi connectivity index (χ1n) is 10.4. The molecule has 0 amide bonds. The van der Waals surface area contributed by atoms with E-state index in [1.807, 2.05) is 34.9 Å². The molecule has 6 nitrogen and oxygen atoms in total. The highest BCUT2D eigenvalue weighted by molar-refractivity contribution is 5.76. The summed E-state index contributed by atoms with van der Waals surface area (Å²) in [5.41, 5.74) is 3.78. The first-order valence-corrected chi connectivity index (χ1v) is 10.4. The second-order valence-electron chi connectivity index (χ2n) is 8.22. The first-order chi connectivity index (χ1) is 14.1. The Labute approximate surface area is 169 Å². The molecule has 1 aliphatic rings. The molecule has 5 rings (SSSR count). The zero-order valence-electron chi connectivity index (χ0n) is 16.9. The van der Waals surface area contributed by atoms with Crippen LogP contribution in [0, 0.1) is 0 Å². The Morgan fingerprint density at radius 2 is 1.86 bits per heavy atom. The molecule has 0 aliphatic carbocycles. The molecule has 0 spiro atoms. The maximum absolute atomic E-state index is 12.5. The van der Waals surface area contributed by atoms with E-state index in [9.17, 15) is 4.79 Å². The van der Waals surface area contributed by atoms with Crippen molar-refractivity contribution in [2.24, 2.45) is 0 Å². The Bertz CT molecular complexity index is 1220. The van der Waals surface area contributed by atoms with Gasteiger partial charge in [0, 0.05) is 12.6 Å². The van der Waals surface area contributed by atoms with E-state index in [1.54, 1.807) is 0 Å². The van der Waals surface area contributed by atoms with Crippen molar-refractivity contribution in [1.82, 2.24) is 19.0 Å². The van der Waals surface area contributed by atoms with Crippen molar-refractivity contribution in [3.8, 4) is 0 Å². The van der Waals surface area contributed by atoms with E-state index in [2.05, 4.69) is 41.5 Å². The van der Waals surface area contributed by atoms with Crippen LogP contribution >= 0.6 is 0 Å².